The zero-order chi connectivity index (χ0) is 29.6. The summed E-state index contributed by atoms with van der Waals surface area (Å²) in [7, 11) is 0. The highest BCUT2D eigenvalue weighted by atomic mass is 32.1. The fourth-order valence-electron chi connectivity index (χ4n) is 5.19. The number of hydrogen-bond donors (Lipinski definition) is 5. The highest BCUT2D eigenvalue weighted by molar-refractivity contribution is 7.21. The standard InChI is InChI=1S/C28H31F3N6O3S/c1-11(2)23(38)15-8-19(25(40)24(15)39)35-26-21(27-36-22-13(4)32-6-5-20(22)41-27)12(3)34-28(37-26)33-10-14-7-17(30)18(31)9-16(14)29/h5-7,9,11,15,19,23-25,38-40H,8,10H2,1-4H3,(H2,33,34,35,37)/t15-,19-,23-,24-,25+/m1/s1. The molecule has 5 rings (SSSR count). The Hall–Kier alpha value is -3.39. The zero-order valence-electron chi connectivity index (χ0n) is 22.9. The van der Waals surface area contributed by atoms with Crippen LogP contribution in [0.2, 0.25) is 0 Å². The van der Waals surface area contributed by atoms with Crippen molar-refractivity contribution in [1.82, 2.24) is 19.9 Å². The highest BCUT2D eigenvalue weighted by Crippen LogP contribution is 2.39. The van der Waals surface area contributed by atoms with E-state index >= 15 is 0 Å². The van der Waals surface area contributed by atoms with Crippen molar-refractivity contribution in [3.05, 3.63) is 58.8 Å². The Morgan fingerprint density at radius 3 is 2.44 bits per heavy atom. The molecular weight excluding hydrogens is 557 g/mol. The van der Waals surface area contributed by atoms with Gasteiger partial charge in [0.2, 0.25) is 5.95 Å². The fraction of sp³-hybridized carbons (Fsp3) is 0.429. The normalized spacial score (nSPS) is 21.5. The van der Waals surface area contributed by atoms with E-state index in [4.69, 9.17) is 4.98 Å². The number of fused-ring (bicyclic) bond motifs is 1. The van der Waals surface area contributed by atoms with Gasteiger partial charge in [-0.05, 0) is 38.3 Å². The van der Waals surface area contributed by atoms with Crippen LogP contribution in [0, 0.1) is 43.1 Å². The first-order chi connectivity index (χ1) is 19.4. The summed E-state index contributed by atoms with van der Waals surface area (Å²) in [4.78, 5) is 18.2. The summed E-state index contributed by atoms with van der Waals surface area (Å²) >= 11 is 1.41. The van der Waals surface area contributed by atoms with Crippen LogP contribution in [0.15, 0.2) is 24.4 Å². The van der Waals surface area contributed by atoms with Crippen LogP contribution in [-0.4, -0.2) is 59.6 Å². The molecule has 13 heteroatoms. The minimum atomic E-state index is -1.28. The second-order valence-corrected chi connectivity index (χ2v) is 11.7. The maximum atomic E-state index is 14.2. The lowest BCUT2D eigenvalue weighted by atomic mass is 9.90. The lowest BCUT2D eigenvalue weighted by Crippen LogP contribution is -2.38. The Balaban J connectivity index is 1.52. The predicted molar refractivity (Wildman–Crippen MR) is 150 cm³/mol. The average molecular weight is 589 g/mol. The van der Waals surface area contributed by atoms with E-state index < -0.39 is 47.7 Å². The molecule has 0 spiro atoms. The van der Waals surface area contributed by atoms with Gasteiger partial charge in [-0.3, -0.25) is 4.98 Å². The fourth-order valence-corrected chi connectivity index (χ4v) is 6.30. The predicted octanol–water partition coefficient (Wildman–Crippen LogP) is 4.33. The summed E-state index contributed by atoms with van der Waals surface area (Å²) < 4.78 is 42.2. The number of thiazole rings is 1. The second kappa shape index (κ2) is 11.5. The van der Waals surface area contributed by atoms with Gasteiger partial charge >= 0.3 is 0 Å². The molecule has 1 aliphatic rings. The van der Waals surface area contributed by atoms with Gasteiger partial charge in [-0.2, -0.15) is 4.98 Å². The molecule has 3 aromatic heterocycles. The molecule has 4 aromatic rings. The second-order valence-electron chi connectivity index (χ2n) is 10.7. The van der Waals surface area contributed by atoms with Crippen molar-refractivity contribution in [2.75, 3.05) is 10.6 Å². The first-order valence-corrected chi connectivity index (χ1v) is 14.1. The minimum absolute atomic E-state index is 0.0728. The van der Waals surface area contributed by atoms with Gasteiger partial charge in [0.25, 0.3) is 0 Å². The van der Waals surface area contributed by atoms with Gasteiger partial charge in [-0.1, -0.05) is 13.8 Å². The molecule has 0 radical (unpaired) electrons. The van der Waals surface area contributed by atoms with Gasteiger partial charge in [0, 0.05) is 30.3 Å². The molecule has 1 aromatic carbocycles. The van der Waals surface area contributed by atoms with Crippen molar-refractivity contribution in [3.63, 3.8) is 0 Å². The number of rotatable bonds is 8. The molecule has 0 unspecified atom stereocenters. The first kappa shape index (κ1) is 29.1. The van der Waals surface area contributed by atoms with Crippen molar-refractivity contribution in [1.29, 1.82) is 0 Å². The van der Waals surface area contributed by atoms with Crippen LogP contribution in [0.25, 0.3) is 20.8 Å². The number of nitrogens with one attached hydrogen (secondary N) is 2. The van der Waals surface area contributed by atoms with Crippen LogP contribution < -0.4 is 10.6 Å². The Bertz CT molecular complexity index is 1590. The first-order valence-electron chi connectivity index (χ1n) is 13.2. The molecule has 1 aliphatic carbocycles. The molecular formula is C28H31F3N6O3S. The molecule has 0 saturated heterocycles. The molecule has 3 heterocycles. The molecule has 0 bridgehead atoms. The summed E-state index contributed by atoms with van der Waals surface area (Å²) in [5, 5.41) is 38.9. The Labute approximate surface area is 238 Å². The smallest absolute Gasteiger partial charge is 0.225 e. The van der Waals surface area contributed by atoms with Gasteiger partial charge in [-0.25, -0.2) is 23.1 Å². The number of anilines is 2. The van der Waals surface area contributed by atoms with Crippen LogP contribution in [0.4, 0.5) is 24.9 Å². The number of nitrogens with zero attached hydrogens (tertiary/aromatic N) is 4. The lowest BCUT2D eigenvalue weighted by Gasteiger charge is -2.24. The molecule has 5 atom stereocenters. The van der Waals surface area contributed by atoms with Crippen molar-refractivity contribution < 1.29 is 28.5 Å². The maximum absolute atomic E-state index is 14.2. The summed E-state index contributed by atoms with van der Waals surface area (Å²) in [5.74, 6) is -3.68. The van der Waals surface area contributed by atoms with E-state index in [1.807, 2.05) is 26.8 Å². The van der Waals surface area contributed by atoms with Crippen molar-refractivity contribution in [3.8, 4) is 10.6 Å². The summed E-state index contributed by atoms with van der Waals surface area (Å²) in [6.45, 7) is 7.06. The maximum Gasteiger partial charge on any atom is 0.225 e. The molecule has 1 fully saturated rings. The third kappa shape index (κ3) is 5.71. The van der Waals surface area contributed by atoms with E-state index in [1.54, 1.807) is 13.1 Å². The van der Waals surface area contributed by atoms with E-state index in [9.17, 15) is 28.5 Å². The topological polar surface area (TPSA) is 136 Å². The van der Waals surface area contributed by atoms with E-state index in [1.165, 1.54) is 11.3 Å². The Morgan fingerprint density at radius 1 is 1.00 bits per heavy atom. The number of aromatic nitrogens is 4. The quantitative estimate of drug-likeness (QED) is 0.191. The van der Waals surface area contributed by atoms with Gasteiger partial charge < -0.3 is 26.0 Å². The number of aliphatic hydroxyl groups excluding tert-OH is 3. The molecule has 41 heavy (non-hydrogen) atoms. The molecule has 9 nitrogen and oxygen atoms in total. The average Bonchev–Trinajstić information content (AvgIpc) is 3.47. The number of benzene rings is 1. The van der Waals surface area contributed by atoms with E-state index in [0.29, 0.717) is 28.1 Å². The third-order valence-corrected chi connectivity index (χ3v) is 8.53. The highest BCUT2D eigenvalue weighted by Gasteiger charge is 2.45. The van der Waals surface area contributed by atoms with Gasteiger partial charge in [0.05, 0.1) is 39.9 Å². The largest absolute Gasteiger partial charge is 0.392 e. The Kier molecular flexibility index (Phi) is 8.15. The number of aliphatic hydroxyl groups is 3. The van der Waals surface area contributed by atoms with Crippen LogP contribution in [0.5, 0.6) is 0 Å². The number of aryl methyl sites for hydroxylation is 2. The number of halogens is 3. The van der Waals surface area contributed by atoms with Crippen molar-refractivity contribution in [2.45, 2.75) is 65.0 Å². The Morgan fingerprint density at radius 2 is 1.73 bits per heavy atom. The third-order valence-electron chi connectivity index (χ3n) is 7.49. The zero-order valence-corrected chi connectivity index (χ0v) is 23.7. The van der Waals surface area contributed by atoms with Gasteiger partial charge in [-0.15, -0.1) is 11.3 Å². The summed E-state index contributed by atoms with van der Waals surface area (Å²) in [6, 6.07) is 2.44. The summed E-state index contributed by atoms with van der Waals surface area (Å²) in [5.41, 5.74) is 2.43. The van der Waals surface area contributed by atoms with Gasteiger partial charge in [0.15, 0.2) is 11.6 Å². The van der Waals surface area contributed by atoms with Crippen molar-refractivity contribution >= 4 is 33.3 Å². The van der Waals surface area contributed by atoms with Crippen molar-refractivity contribution in [2.24, 2.45) is 11.8 Å². The monoisotopic (exact) mass is 588 g/mol. The number of pyridine rings is 1. The van der Waals surface area contributed by atoms with E-state index in [2.05, 4.69) is 25.6 Å². The van der Waals surface area contributed by atoms with Gasteiger partial charge in [0.1, 0.15) is 28.3 Å². The minimum Gasteiger partial charge on any atom is -0.392 e. The molecule has 5 N–H and O–H groups in total. The van der Waals surface area contributed by atoms with Crippen LogP contribution in [0.3, 0.4) is 0 Å². The SMILES string of the molecule is Cc1nc(NCc2cc(F)c(F)cc2F)nc(N[C@@H]2C[C@H]([C@H](O)C(C)C)[C@@H](O)[C@H]2O)c1-c1nc2c(C)nccc2s1. The van der Waals surface area contributed by atoms with Crippen LogP contribution in [-0.2, 0) is 6.54 Å². The molecule has 218 valence electrons. The van der Waals surface area contributed by atoms with E-state index in [0.717, 1.165) is 22.0 Å². The van der Waals surface area contributed by atoms with Crippen LogP contribution in [0.1, 0.15) is 37.2 Å². The van der Waals surface area contributed by atoms with E-state index in [-0.39, 0.29) is 30.4 Å². The van der Waals surface area contributed by atoms with Crippen LogP contribution >= 0.6 is 11.3 Å². The summed E-state index contributed by atoms with van der Waals surface area (Å²) in [6.07, 6.45) is -1.19. The molecule has 0 aliphatic heterocycles. The lowest BCUT2D eigenvalue weighted by molar-refractivity contribution is -0.0345. The molecule has 1 saturated carbocycles. The number of hydrogen-bond acceptors (Lipinski definition) is 10. The molecule has 0 amide bonds.